The minimum Gasteiger partial charge on any atom is -0.388 e. The average Bonchev–Trinajstić information content (AvgIpc) is 2.60. The van der Waals surface area contributed by atoms with E-state index in [0.717, 1.165) is 28.8 Å². The van der Waals surface area contributed by atoms with E-state index >= 15 is 0 Å². The van der Waals surface area contributed by atoms with Gasteiger partial charge in [-0.25, -0.2) is 0 Å². The molecule has 2 bridgehead atoms. The van der Waals surface area contributed by atoms with Crippen LogP contribution in [0, 0.1) is 23.7 Å². The van der Waals surface area contributed by atoms with Crippen molar-refractivity contribution in [2.45, 2.75) is 31.8 Å². The molecular weight excluding hydrogens is 270 g/mol. The van der Waals surface area contributed by atoms with E-state index in [-0.39, 0.29) is 6.10 Å². The number of nitrogens with zero attached hydrogens (tertiary/aromatic N) is 1. The Morgan fingerprint density at radius 3 is 2.73 bits per heavy atom. The maximum Gasteiger partial charge on any atom is 0.0828 e. The largest absolute Gasteiger partial charge is 0.388 e. The summed E-state index contributed by atoms with van der Waals surface area (Å²) < 4.78 is 0. The number of pyridine rings is 1. The number of hydrogen-bond donors (Lipinski definition) is 1. The monoisotopic (exact) mass is 293 g/mol. The number of benzene rings is 1. The number of para-hydroxylation sites is 1. The topological polar surface area (TPSA) is 33.1 Å². The Bertz CT molecular complexity index is 690. The van der Waals surface area contributed by atoms with E-state index in [4.69, 9.17) is 0 Å². The molecule has 1 heterocycles. The van der Waals surface area contributed by atoms with Crippen molar-refractivity contribution in [3.05, 3.63) is 54.7 Å². The second kappa shape index (κ2) is 5.51. The number of aliphatic hydroxyl groups is 1. The summed E-state index contributed by atoms with van der Waals surface area (Å²) in [5.41, 5.74) is 2.03. The first-order valence-corrected chi connectivity index (χ1v) is 8.42. The highest BCUT2D eigenvalue weighted by Gasteiger charge is 2.43. The Labute approximate surface area is 131 Å². The zero-order valence-corrected chi connectivity index (χ0v) is 12.9. The first-order valence-electron chi connectivity index (χ1n) is 8.42. The number of rotatable bonds is 3. The van der Waals surface area contributed by atoms with Crippen LogP contribution in [0.4, 0.5) is 0 Å². The highest BCUT2D eigenvalue weighted by molar-refractivity contribution is 5.82. The third-order valence-corrected chi connectivity index (χ3v) is 5.98. The van der Waals surface area contributed by atoms with Crippen LogP contribution in [0.5, 0.6) is 0 Å². The third-order valence-electron chi connectivity index (χ3n) is 5.98. The predicted molar refractivity (Wildman–Crippen MR) is 89.3 cm³/mol. The summed E-state index contributed by atoms with van der Waals surface area (Å²) in [5.74, 6) is 2.40. The Balaban J connectivity index is 1.67. The van der Waals surface area contributed by atoms with Gasteiger partial charge in [-0.2, -0.15) is 0 Å². The van der Waals surface area contributed by atoms with Crippen LogP contribution in [0.15, 0.2) is 49.2 Å². The van der Waals surface area contributed by atoms with E-state index in [1.807, 2.05) is 30.5 Å². The van der Waals surface area contributed by atoms with Gasteiger partial charge in [-0.1, -0.05) is 24.3 Å². The number of fused-ring (bicyclic) bond motifs is 4. The lowest BCUT2D eigenvalue weighted by Gasteiger charge is -2.48. The maximum atomic E-state index is 11.1. The van der Waals surface area contributed by atoms with Crippen LogP contribution >= 0.6 is 0 Å². The average molecular weight is 293 g/mol. The van der Waals surface area contributed by atoms with E-state index in [1.54, 1.807) is 0 Å². The normalized spacial score (nSPS) is 32.0. The molecule has 1 N–H and O–H groups in total. The van der Waals surface area contributed by atoms with Crippen molar-refractivity contribution in [1.29, 1.82) is 0 Å². The standard InChI is InChI=1S/C20H23NO/c1-2-13-11-15-8-7-14(13)12-18(15)20(22)17-9-10-21-19-6-4-3-5-16(17)19/h2-6,9-10,13-15,18,20,22H,1,7-8,11-12H2/t13?,14?,15-,18+,20-/m1/s1. The molecule has 3 fully saturated rings. The van der Waals surface area contributed by atoms with E-state index in [1.165, 1.54) is 19.3 Å². The molecule has 5 rings (SSSR count). The first-order chi connectivity index (χ1) is 10.8. The second-order valence-electron chi connectivity index (χ2n) is 6.99. The summed E-state index contributed by atoms with van der Waals surface area (Å²) in [6.07, 6.45) is 8.52. The predicted octanol–water partition coefficient (Wildman–Crippen LogP) is 4.51. The fourth-order valence-electron chi connectivity index (χ4n) is 4.81. The molecule has 0 amide bonds. The lowest BCUT2D eigenvalue weighted by molar-refractivity contribution is -0.0217. The fraction of sp³-hybridized carbons (Fsp3) is 0.450. The molecule has 0 aliphatic heterocycles. The number of aliphatic hydroxyl groups excluding tert-OH is 1. The molecular formula is C20H23NO. The quantitative estimate of drug-likeness (QED) is 0.845. The molecule has 3 aliphatic rings. The highest BCUT2D eigenvalue weighted by atomic mass is 16.3. The Kier molecular flexibility index (Phi) is 3.50. The summed E-state index contributed by atoms with van der Waals surface area (Å²) in [7, 11) is 0. The van der Waals surface area contributed by atoms with Gasteiger partial charge >= 0.3 is 0 Å². The van der Waals surface area contributed by atoms with Crippen molar-refractivity contribution in [2.24, 2.45) is 23.7 Å². The van der Waals surface area contributed by atoms with Crippen molar-refractivity contribution < 1.29 is 5.11 Å². The van der Waals surface area contributed by atoms with Gasteiger partial charge in [0.05, 0.1) is 11.6 Å². The molecule has 114 valence electrons. The van der Waals surface area contributed by atoms with Crippen LogP contribution in [-0.4, -0.2) is 10.1 Å². The minimum atomic E-state index is -0.369. The van der Waals surface area contributed by atoms with Gasteiger partial charge < -0.3 is 5.11 Å². The van der Waals surface area contributed by atoms with Crippen molar-refractivity contribution in [3.8, 4) is 0 Å². The third kappa shape index (κ3) is 2.17. The summed E-state index contributed by atoms with van der Waals surface area (Å²) in [6, 6.07) is 10.1. The summed E-state index contributed by atoms with van der Waals surface area (Å²) in [6.45, 7) is 4.00. The number of aromatic nitrogens is 1. The van der Waals surface area contributed by atoms with Crippen LogP contribution < -0.4 is 0 Å². The Morgan fingerprint density at radius 2 is 1.95 bits per heavy atom. The molecule has 2 aromatic rings. The summed E-state index contributed by atoms with van der Waals surface area (Å²) in [5, 5.41) is 12.2. The number of allylic oxidation sites excluding steroid dienone is 1. The van der Waals surface area contributed by atoms with Crippen LogP contribution in [0.25, 0.3) is 10.9 Å². The molecule has 2 nitrogen and oxygen atoms in total. The lowest BCUT2D eigenvalue weighted by atomic mass is 9.58. The molecule has 0 saturated heterocycles. The van der Waals surface area contributed by atoms with Crippen molar-refractivity contribution in [3.63, 3.8) is 0 Å². The van der Waals surface area contributed by atoms with Gasteiger partial charge in [0.1, 0.15) is 0 Å². The zero-order chi connectivity index (χ0) is 15.1. The van der Waals surface area contributed by atoms with Gasteiger partial charge in [-0.3, -0.25) is 4.98 Å². The van der Waals surface area contributed by atoms with Crippen molar-refractivity contribution in [2.75, 3.05) is 0 Å². The van der Waals surface area contributed by atoms with Gasteiger partial charge in [0.25, 0.3) is 0 Å². The van der Waals surface area contributed by atoms with Gasteiger partial charge in [0.2, 0.25) is 0 Å². The Hall–Kier alpha value is -1.67. The molecule has 1 aromatic carbocycles. The SMILES string of the molecule is C=CC1C[C@H]2CCC1C[C@@H]2[C@H](O)c1ccnc2ccccc12. The van der Waals surface area contributed by atoms with E-state index < -0.39 is 0 Å². The molecule has 0 spiro atoms. The van der Waals surface area contributed by atoms with E-state index in [2.05, 4.69) is 23.7 Å². The highest BCUT2D eigenvalue weighted by Crippen LogP contribution is 2.52. The summed E-state index contributed by atoms with van der Waals surface area (Å²) >= 11 is 0. The molecule has 2 unspecified atom stereocenters. The molecule has 22 heavy (non-hydrogen) atoms. The van der Waals surface area contributed by atoms with E-state index in [0.29, 0.717) is 17.8 Å². The fourth-order valence-corrected chi connectivity index (χ4v) is 4.81. The van der Waals surface area contributed by atoms with Crippen molar-refractivity contribution >= 4 is 10.9 Å². The van der Waals surface area contributed by atoms with Gasteiger partial charge in [-0.15, -0.1) is 6.58 Å². The Morgan fingerprint density at radius 1 is 1.14 bits per heavy atom. The minimum absolute atomic E-state index is 0.369. The first kappa shape index (κ1) is 14.0. The second-order valence-corrected chi connectivity index (χ2v) is 6.99. The van der Waals surface area contributed by atoms with E-state index in [9.17, 15) is 5.11 Å². The zero-order valence-electron chi connectivity index (χ0n) is 12.9. The molecule has 3 saturated carbocycles. The molecule has 2 heteroatoms. The van der Waals surface area contributed by atoms with Gasteiger partial charge in [0, 0.05) is 11.6 Å². The number of hydrogen-bond acceptors (Lipinski definition) is 2. The summed E-state index contributed by atoms with van der Waals surface area (Å²) in [4.78, 5) is 4.42. The molecule has 3 aliphatic carbocycles. The lowest BCUT2D eigenvalue weighted by Crippen LogP contribution is -2.39. The molecule has 5 atom stereocenters. The van der Waals surface area contributed by atoms with Crippen molar-refractivity contribution in [1.82, 2.24) is 4.98 Å². The van der Waals surface area contributed by atoms with Crippen LogP contribution in [0.1, 0.15) is 37.4 Å². The van der Waals surface area contributed by atoms with Gasteiger partial charge in [0.15, 0.2) is 0 Å². The molecule has 0 radical (unpaired) electrons. The van der Waals surface area contributed by atoms with Crippen LogP contribution in [-0.2, 0) is 0 Å². The van der Waals surface area contributed by atoms with Crippen LogP contribution in [0.2, 0.25) is 0 Å². The smallest absolute Gasteiger partial charge is 0.0828 e. The maximum absolute atomic E-state index is 11.1. The van der Waals surface area contributed by atoms with Gasteiger partial charge in [-0.05, 0) is 67.1 Å². The van der Waals surface area contributed by atoms with Crippen LogP contribution in [0.3, 0.4) is 0 Å². The molecule has 1 aromatic heterocycles.